The maximum absolute atomic E-state index is 8.45. The van der Waals surface area contributed by atoms with Crippen LogP contribution < -0.4 is 0 Å². The molecule has 1 heterocycles. The van der Waals surface area contributed by atoms with E-state index in [1.807, 2.05) is 12.1 Å². The highest BCUT2D eigenvalue weighted by Gasteiger charge is 2.03. The topological polar surface area (TPSA) is 50.4 Å². The van der Waals surface area contributed by atoms with Gasteiger partial charge in [-0.1, -0.05) is 16.8 Å². The van der Waals surface area contributed by atoms with Crippen molar-refractivity contribution in [2.75, 3.05) is 0 Å². The molecule has 0 radical (unpaired) electrons. The molecule has 2 aromatic rings. The first kappa shape index (κ1) is 9.73. The van der Waals surface area contributed by atoms with Crippen LogP contribution in [0.25, 0.3) is 11.4 Å². The van der Waals surface area contributed by atoms with E-state index in [0.29, 0.717) is 10.8 Å². The van der Waals surface area contributed by atoms with E-state index in [1.54, 1.807) is 29.1 Å². The average Bonchev–Trinajstić information content (AvgIpc) is 2.68. The van der Waals surface area contributed by atoms with Crippen LogP contribution in [0, 0.1) is 0 Å². The van der Waals surface area contributed by atoms with Gasteiger partial charge in [-0.05, 0) is 24.3 Å². The highest BCUT2D eigenvalue weighted by atomic mass is 35.5. The van der Waals surface area contributed by atoms with E-state index in [0.717, 1.165) is 5.56 Å². The van der Waals surface area contributed by atoms with Crippen LogP contribution in [0.15, 0.2) is 41.8 Å². The Morgan fingerprint density at radius 2 is 2.07 bits per heavy atom. The lowest BCUT2D eigenvalue weighted by atomic mass is 10.2. The van der Waals surface area contributed by atoms with Crippen molar-refractivity contribution in [1.82, 2.24) is 9.55 Å². The van der Waals surface area contributed by atoms with Gasteiger partial charge in [-0.15, -0.1) is 0 Å². The molecular weight excluding hydrogens is 214 g/mol. The maximum atomic E-state index is 8.45. The van der Waals surface area contributed by atoms with E-state index in [-0.39, 0.29) is 0 Å². The Morgan fingerprint density at radius 1 is 1.33 bits per heavy atom. The van der Waals surface area contributed by atoms with Crippen LogP contribution >= 0.6 is 11.6 Å². The van der Waals surface area contributed by atoms with E-state index < -0.39 is 0 Å². The number of aromatic nitrogens is 2. The van der Waals surface area contributed by atoms with E-state index in [4.69, 9.17) is 16.8 Å². The Hall–Kier alpha value is -1.81. The summed E-state index contributed by atoms with van der Waals surface area (Å²) in [6.45, 7) is 0. The van der Waals surface area contributed by atoms with Crippen molar-refractivity contribution in [2.24, 2.45) is 5.16 Å². The third-order valence-electron chi connectivity index (χ3n) is 1.95. The van der Waals surface area contributed by atoms with Gasteiger partial charge in [0.15, 0.2) is 0 Å². The van der Waals surface area contributed by atoms with Crippen LogP contribution in [0.4, 0.5) is 0 Å². The number of rotatable bonds is 2. The molecule has 4 nitrogen and oxygen atoms in total. The van der Waals surface area contributed by atoms with Crippen LogP contribution in [-0.2, 0) is 0 Å². The monoisotopic (exact) mass is 221 g/mol. The second-order valence-corrected chi connectivity index (χ2v) is 3.33. The molecule has 0 unspecified atom stereocenters. The number of benzene rings is 1. The summed E-state index contributed by atoms with van der Waals surface area (Å²) in [7, 11) is 0. The first-order chi connectivity index (χ1) is 7.31. The number of hydrogen-bond donors (Lipinski definition) is 1. The minimum absolute atomic E-state index is 0.674. The summed E-state index contributed by atoms with van der Waals surface area (Å²) < 4.78 is 1.61. The van der Waals surface area contributed by atoms with Gasteiger partial charge in [0.2, 0.25) is 0 Å². The number of imidazole rings is 1. The largest absolute Gasteiger partial charge is 0.410 e. The van der Waals surface area contributed by atoms with E-state index in [1.165, 1.54) is 6.34 Å². The first-order valence-electron chi connectivity index (χ1n) is 4.27. The molecule has 0 aliphatic carbocycles. The molecule has 0 bridgehead atoms. The lowest BCUT2D eigenvalue weighted by Gasteiger charge is -2.01. The highest BCUT2D eigenvalue weighted by Crippen LogP contribution is 2.18. The Kier molecular flexibility index (Phi) is 2.69. The SMILES string of the molecule is ON=Cn1ccnc1-c1ccc(Cl)cc1. The summed E-state index contributed by atoms with van der Waals surface area (Å²) >= 11 is 5.78. The Morgan fingerprint density at radius 3 is 2.73 bits per heavy atom. The molecule has 0 spiro atoms. The van der Waals surface area contributed by atoms with Crippen molar-refractivity contribution in [3.8, 4) is 11.4 Å². The predicted molar refractivity (Wildman–Crippen MR) is 58.3 cm³/mol. The molecule has 1 N–H and O–H groups in total. The predicted octanol–water partition coefficient (Wildman–Crippen LogP) is 2.47. The average molecular weight is 222 g/mol. The first-order valence-corrected chi connectivity index (χ1v) is 4.65. The molecule has 0 atom stereocenters. The van der Waals surface area contributed by atoms with Crippen LogP contribution in [-0.4, -0.2) is 21.1 Å². The van der Waals surface area contributed by atoms with E-state index in [9.17, 15) is 0 Å². The summed E-state index contributed by atoms with van der Waals surface area (Å²) in [5.41, 5.74) is 0.907. The molecule has 0 fully saturated rings. The molecule has 0 saturated heterocycles. The summed E-state index contributed by atoms with van der Waals surface area (Å²) in [5, 5.41) is 12.1. The Balaban J connectivity index is 2.44. The van der Waals surface area contributed by atoms with Gasteiger partial charge in [-0.2, -0.15) is 0 Å². The maximum Gasteiger partial charge on any atom is 0.145 e. The van der Waals surface area contributed by atoms with Crippen molar-refractivity contribution in [3.63, 3.8) is 0 Å². The molecule has 0 aliphatic heterocycles. The molecule has 0 aliphatic rings. The zero-order chi connectivity index (χ0) is 10.7. The van der Waals surface area contributed by atoms with Crippen molar-refractivity contribution in [3.05, 3.63) is 41.7 Å². The minimum atomic E-state index is 0.674. The third-order valence-corrected chi connectivity index (χ3v) is 2.20. The van der Waals surface area contributed by atoms with Gasteiger partial charge in [0.05, 0.1) is 0 Å². The van der Waals surface area contributed by atoms with Crippen LogP contribution in [0.3, 0.4) is 0 Å². The lowest BCUT2D eigenvalue weighted by molar-refractivity contribution is 0.320. The van der Waals surface area contributed by atoms with Crippen molar-refractivity contribution in [2.45, 2.75) is 0 Å². The molecule has 1 aromatic heterocycles. The van der Waals surface area contributed by atoms with Crippen LogP contribution in [0.1, 0.15) is 0 Å². The molecule has 5 heteroatoms. The van der Waals surface area contributed by atoms with Gasteiger partial charge >= 0.3 is 0 Å². The van der Waals surface area contributed by atoms with Gasteiger partial charge < -0.3 is 5.21 Å². The molecule has 2 rings (SSSR count). The van der Waals surface area contributed by atoms with Gasteiger partial charge in [-0.25, -0.2) is 4.98 Å². The number of nitrogens with zero attached hydrogens (tertiary/aromatic N) is 3. The molecule has 1 aromatic carbocycles. The molecular formula is C10H8ClN3O. The van der Waals surface area contributed by atoms with Crippen LogP contribution in [0.2, 0.25) is 5.02 Å². The van der Waals surface area contributed by atoms with Gasteiger partial charge in [0, 0.05) is 23.0 Å². The second kappa shape index (κ2) is 4.14. The quantitative estimate of drug-likeness (QED) is 0.367. The molecule has 0 saturated carbocycles. The van der Waals surface area contributed by atoms with Gasteiger partial charge in [0.1, 0.15) is 12.2 Å². The van der Waals surface area contributed by atoms with E-state index >= 15 is 0 Å². The standard InChI is InChI=1S/C10H8ClN3O/c11-9-3-1-8(2-4-9)10-12-5-6-14(10)7-13-15/h1-7,15H. The third kappa shape index (κ3) is 1.99. The van der Waals surface area contributed by atoms with E-state index in [2.05, 4.69) is 10.1 Å². The zero-order valence-corrected chi connectivity index (χ0v) is 8.46. The Bertz CT molecular complexity index is 476. The minimum Gasteiger partial charge on any atom is -0.410 e. The smallest absolute Gasteiger partial charge is 0.145 e. The van der Waals surface area contributed by atoms with Crippen molar-refractivity contribution >= 4 is 17.9 Å². The molecule has 15 heavy (non-hydrogen) atoms. The fourth-order valence-corrected chi connectivity index (χ4v) is 1.41. The van der Waals surface area contributed by atoms with Crippen molar-refractivity contribution in [1.29, 1.82) is 0 Å². The Labute approximate surface area is 91.4 Å². The summed E-state index contributed by atoms with van der Waals surface area (Å²) in [5.74, 6) is 0.699. The zero-order valence-electron chi connectivity index (χ0n) is 7.71. The summed E-state index contributed by atoms with van der Waals surface area (Å²) in [6.07, 6.45) is 4.60. The van der Waals surface area contributed by atoms with Crippen LogP contribution in [0.5, 0.6) is 0 Å². The molecule has 76 valence electrons. The highest BCUT2D eigenvalue weighted by molar-refractivity contribution is 6.30. The fraction of sp³-hybridized carbons (Fsp3) is 0. The second-order valence-electron chi connectivity index (χ2n) is 2.90. The fourth-order valence-electron chi connectivity index (χ4n) is 1.28. The number of oxime groups is 1. The lowest BCUT2D eigenvalue weighted by Crippen LogP contribution is -1.96. The number of halogens is 1. The number of hydrogen-bond acceptors (Lipinski definition) is 3. The van der Waals surface area contributed by atoms with Gasteiger partial charge in [0.25, 0.3) is 0 Å². The van der Waals surface area contributed by atoms with Gasteiger partial charge in [-0.3, -0.25) is 4.57 Å². The normalized spacial score (nSPS) is 11.0. The summed E-state index contributed by atoms with van der Waals surface area (Å²) in [6, 6.07) is 7.27. The molecule has 0 amide bonds. The van der Waals surface area contributed by atoms with Crippen molar-refractivity contribution < 1.29 is 5.21 Å². The summed E-state index contributed by atoms with van der Waals surface area (Å²) in [4.78, 5) is 4.15.